The van der Waals surface area contributed by atoms with Gasteiger partial charge in [0, 0.05) is 10.9 Å². The summed E-state index contributed by atoms with van der Waals surface area (Å²) in [6.07, 6.45) is 0.726. The van der Waals surface area contributed by atoms with Crippen molar-refractivity contribution in [2.24, 2.45) is 0 Å². The minimum Gasteiger partial charge on any atom is -0.477 e. The Morgan fingerprint density at radius 3 is 2.62 bits per heavy atom. The minimum atomic E-state index is -0.884. The lowest BCUT2D eigenvalue weighted by Crippen LogP contribution is -2.00. The number of aryl methyl sites for hydroxylation is 3. The van der Waals surface area contributed by atoms with Crippen molar-refractivity contribution in [3.05, 3.63) is 34.5 Å². The van der Waals surface area contributed by atoms with Gasteiger partial charge in [-0.2, -0.15) is 0 Å². The number of aromatic amines is 1. The van der Waals surface area contributed by atoms with Crippen molar-refractivity contribution < 1.29 is 9.90 Å². The summed E-state index contributed by atoms with van der Waals surface area (Å²) in [4.78, 5) is 14.1. The summed E-state index contributed by atoms with van der Waals surface area (Å²) in [6.45, 7) is 6.02. The highest BCUT2D eigenvalue weighted by Crippen LogP contribution is 2.27. The maximum absolute atomic E-state index is 11.1. The van der Waals surface area contributed by atoms with Crippen LogP contribution in [0.5, 0.6) is 0 Å². The fraction of sp³-hybridized carbons (Fsp3) is 0.308. The van der Waals surface area contributed by atoms with Gasteiger partial charge in [-0.25, -0.2) is 4.79 Å². The molecule has 3 nitrogen and oxygen atoms in total. The Morgan fingerprint density at radius 2 is 2.06 bits per heavy atom. The molecule has 2 N–H and O–H groups in total. The first-order valence-electron chi connectivity index (χ1n) is 5.40. The van der Waals surface area contributed by atoms with Crippen LogP contribution in [-0.2, 0) is 6.42 Å². The van der Waals surface area contributed by atoms with Crippen LogP contribution in [0.1, 0.15) is 34.1 Å². The topological polar surface area (TPSA) is 53.1 Å². The number of fused-ring (bicyclic) bond motifs is 1. The van der Waals surface area contributed by atoms with E-state index in [4.69, 9.17) is 5.11 Å². The Bertz CT molecular complexity index is 567. The molecule has 0 atom stereocenters. The number of rotatable bonds is 2. The lowest BCUT2D eigenvalue weighted by atomic mass is 10.0. The number of carboxylic acids is 1. The number of H-pyrrole nitrogens is 1. The van der Waals surface area contributed by atoms with Crippen molar-refractivity contribution in [1.29, 1.82) is 0 Å². The lowest BCUT2D eigenvalue weighted by molar-refractivity contribution is 0.0690. The van der Waals surface area contributed by atoms with E-state index in [0.29, 0.717) is 5.69 Å². The van der Waals surface area contributed by atoms with Crippen molar-refractivity contribution >= 4 is 16.9 Å². The van der Waals surface area contributed by atoms with Crippen LogP contribution in [0.25, 0.3) is 10.9 Å². The third-order valence-corrected chi connectivity index (χ3v) is 3.18. The molecule has 0 fully saturated rings. The minimum absolute atomic E-state index is 0.325. The zero-order valence-electron chi connectivity index (χ0n) is 9.72. The standard InChI is InChI=1S/C13H15NO2/c1-4-9-10-6-5-7(2)8(3)11(10)14-12(9)13(15)16/h5-6,14H,4H2,1-3H3,(H,15,16). The third-order valence-electron chi connectivity index (χ3n) is 3.18. The Kier molecular flexibility index (Phi) is 2.46. The lowest BCUT2D eigenvalue weighted by Gasteiger charge is -2.01. The monoisotopic (exact) mass is 217 g/mol. The quantitative estimate of drug-likeness (QED) is 0.812. The summed E-state index contributed by atoms with van der Waals surface area (Å²) in [6, 6.07) is 4.04. The van der Waals surface area contributed by atoms with Crippen molar-refractivity contribution in [1.82, 2.24) is 4.98 Å². The SMILES string of the molecule is CCc1c(C(=O)O)[nH]c2c(C)c(C)ccc12. The molecule has 0 aliphatic heterocycles. The van der Waals surface area contributed by atoms with Crippen LogP contribution < -0.4 is 0 Å². The number of aromatic carboxylic acids is 1. The van der Waals surface area contributed by atoms with Crippen molar-refractivity contribution in [3.8, 4) is 0 Å². The normalized spacial score (nSPS) is 10.9. The van der Waals surface area contributed by atoms with Crippen LogP contribution in [0, 0.1) is 13.8 Å². The Labute approximate surface area is 94.1 Å². The molecular weight excluding hydrogens is 202 g/mol. The zero-order valence-corrected chi connectivity index (χ0v) is 9.72. The molecule has 1 aromatic heterocycles. The molecule has 0 aliphatic rings. The number of hydrogen-bond donors (Lipinski definition) is 2. The van der Waals surface area contributed by atoms with Gasteiger partial charge < -0.3 is 10.1 Å². The van der Waals surface area contributed by atoms with E-state index in [1.807, 2.05) is 32.9 Å². The molecule has 2 aromatic rings. The number of benzene rings is 1. The summed E-state index contributed by atoms with van der Waals surface area (Å²) < 4.78 is 0. The number of aromatic nitrogens is 1. The zero-order chi connectivity index (χ0) is 11.9. The van der Waals surface area contributed by atoms with Gasteiger partial charge in [-0.15, -0.1) is 0 Å². The number of carbonyl (C=O) groups is 1. The molecule has 0 aliphatic carbocycles. The van der Waals surface area contributed by atoms with Crippen molar-refractivity contribution in [2.45, 2.75) is 27.2 Å². The van der Waals surface area contributed by atoms with E-state index in [1.54, 1.807) is 0 Å². The first-order valence-corrected chi connectivity index (χ1v) is 5.40. The molecule has 0 unspecified atom stereocenters. The molecule has 0 amide bonds. The van der Waals surface area contributed by atoms with Gasteiger partial charge in [-0.3, -0.25) is 0 Å². The molecule has 3 heteroatoms. The molecule has 2 rings (SSSR count). The van der Waals surface area contributed by atoms with Gasteiger partial charge in [-0.05, 0) is 37.0 Å². The average Bonchev–Trinajstić information content (AvgIpc) is 2.62. The molecule has 1 aromatic carbocycles. The Balaban J connectivity index is 2.87. The third kappa shape index (κ3) is 1.40. The van der Waals surface area contributed by atoms with Gasteiger partial charge in [0.15, 0.2) is 0 Å². The van der Waals surface area contributed by atoms with Gasteiger partial charge in [-0.1, -0.05) is 19.1 Å². The highest BCUT2D eigenvalue weighted by Gasteiger charge is 2.16. The maximum Gasteiger partial charge on any atom is 0.352 e. The number of carboxylic acid groups (broad SMARTS) is 1. The first kappa shape index (κ1) is 10.7. The largest absolute Gasteiger partial charge is 0.477 e. The summed E-state index contributed by atoms with van der Waals surface area (Å²) in [5.74, 6) is -0.884. The summed E-state index contributed by atoms with van der Waals surface area (Å²) in [7, 11) is 0. The predicted molar refractivity (Wildman–Crippen MR) is 64.1 cm³/mol. The Hall–Kier alpha value is -1.77. The molecule has 0 bridgehead atoms. The maximum atomic E-state index is 11.1. The van der Waals surface area contributed by atoms with Gasteiger partial charge >= 0.3 is 5.97 Å². The van der Waals surface area contributed by atoms with Gasteiger partial charge in [0.05, 0.1) is 0 Å². The van der Waals surface area contributed by atoms with E-state index in [9.17, 15) is 4.79 Å². The Morgan fingerprint density at radius 1 is 1.38 bits per heavy atom. The van der Waals surface area contributed by atoms with Gasteiger partial charge in [0.1, 0.15) is 5.69 Å². The molecule has 16 heavy (non-hydrogen) atoms. The van der Waals surface area contributed by atoms with Gasteiger partial charge in [0.25, 0.3) is 0 Å². The highest BCUT2D eigenvalue weighted by atomic mass is 16.4. The second kappa shape index (κ2) is 3.67. The fourth-order valence-electron chi connectivity index (χ4n) is 2.11. The van der Waals surface area contributed by atoms with Crippen LogP contribution in [0.15, 0.2) is 12.1 Å². The summed E-state index contributed by atoms with van der Waals surface area (Å²) >= 11 is 0. The predicted octanol–water partition coefficient (Wildman–Crippen LogP) is 3.05. The van der Waals surface area contributed by atoms with Crippen molar-refractivity contribution in [3.63, 3.8) is 0 Å². The van der Waals surface area contributed by atoms with Crippen LogP contribution in [0.2, 0.25) is 0 Å². The van der Waals surface area contributed by atoms with E-state index in [2.05, 4.69) is 4.98 Å². The van der Waals surface area contributed by atoms with Gasteiger partial charge in [0.2, 0.25) is 0 Å². The molecule has 0 saturated heterocycles. The summed E-state index contributed by atoms with van der Waals surface area (Å²) in [5.41, 5.74) is 4.47. The van der Waals surface area contributed by atoms with E-state index in [1.165, 1.54) is 5.56 Å². The van der Waals surface area contributed by atoms with Crippen LogP contribution in [0.4, 0.5) is 0 Å². The highest BCUT2D eigenvalue weighted by molar-refractivity contribution is 5.98. The average molecular weight is 217 g/mol. The second-order valence-electron chi connectivity index (χ2n) is 4.07. The number of hydrogen-bond acceptors (Lipinski definition) is 1. The second-order valence-corrected chi connectivity index (χ2v) is 4.07. The molecule has 0 saturated carbocycles. The molecular formula is C13H15NO2. The smallest absolute Gasteiger partial charge is 0.352 e. The fourth-order valence-corrected chi connectivity index (χ4v) is 2.11. The van der Waals surface area contributed by atoms with E-state index in [0.717, 1.165) is 28.5 Å². The van der Waals surface area contributed by atoms with Crippen molar-refractivity contribution in [2.75, 3.05) is 0 Å². The summed E-state index contributed by atoms with van der Waals surface area (Å²) in [5, 5.41) is 10.2. The molecule has 0 radical (unpaired) electrons. The van der Waals surface area contributed by atoms with E-state index in [-0.39, 0.29) is 0 Å². The van der Waals surface area contributed by atoms with E-state index < -0.39 is 5.97 Å². The first-order chi connectivity index (χ1) is 7.56. The molecule has 84 valence electrons. The van der Waals surface area contributed by atoms with Crippen LogP contribution in [-0.4, -0.2) is 16.1 Å². The van der Waals surface area contributed by atoms with E-state index >= 15 is 0 Å². The molecule has 0 spiro atoms. The van der Waals surface area contributed by atoms with Crippen LogP contribution >= 0.6 is 0 Å². The molecule has 1 heterocycles. The van der Waals surface area contributed by atoms with Crippen LogP contribution in [0.3, 0.4) is 0 Å². The number of nitrogens with one attached hydrogen (secondary N) is 1.